The Hall–Kier alpha value is -3.27. The van der Waals surface area contributed by atoms with E-state index in [2.05, 4.69) is 17.0 Å². The van der Waals surface area contributed by atoms with Crippen LogP contribution in [0.25, 0.3) is 0 Å². The second-order valence-corrected chi connectivity index (χ2v) is 7.25. The van der Waals surface area contributed by atoms with E-state index in [0.29, 0.717) is 25.9 Å². The number of piperidine rings is 1. The molecular weight excluding hydrogens is 408 g/mol. The standard InChI is InChI=1S/C19H24N2O4.C2H2O4/c1-2-25-18(24)19(21-16(22)8-9-17(21)23)10-12-20(13-11-19)14-15-6-4-3-5-7-15;3-1(4)2(5)6/h3-7H,2,8-14H2,1H3;(H,3,4)(H,5,6). The van der Waals surface area contributed by atoms with E-state index >= 15 is 0 Å². The molecule has 2 heterocycles. The number of nitrogens with zero attached hydrogens (tertiary/aromatic N) is 2. The highest BCUT2D eigenvalue weighted by Crippen LogP contribution is 2.35. The first kappa shape index (κ1) is 24.0. The van der Waals surface area contributed by atoms with Gasteiger partial charge in [-0.05, 0) is 25.3 Å². The van der Waals surface area contributed by atoms with Crippen molar-refractivity contribution in [1.82, 2.24) is 9.80 Å². The van der Waals surface area contributed by atoms with Crippen LogP contribution >= 0.6 is 0 Å². The number of carboxylic acid groups (broad SMARTS) is 2. The van der Waals surface area contributed by atoms with E-state index in [1.54, 1.807) is 6.92 Å². The lowest BCUT2D eigenvalue weighted by atomic mass is 9.85. The zero-order chi connectivity index (χ0) is 23.0. The van der Waals surface area contributed by atoms with Crippen molar-refractivity contribution in [3.8, 4) is 0 Å². The number of carbonyl (C=O) groups excluding carboxylic acids is 3. The number of carboxylic acids is 2. The molecule has 0 bridgehead atoms. The number of likely N-dealkylation sites (tertiary alicyclic amines) is 2. The van der Waals surface area contributed by atoms with E-state index in [-0.39, 0.29) is 31.3 Å². The number of esters is 1. The maximum Gasteiger partial charge on any atom is 0.414 e. The van der Waals surface area contributed by atoms with E-state index in [0.717, 1.165) is 6.54 Å². The highest BCUT2D eigenvalue weighted by Gasteiger charge is 2.53. The first-order chi connectivity index (χ1) is 14.7. The first-order valence-electron chi connectivity index (χ1n) is 9.97. The van der Waals surface area contributed by atoms with E-state index in [1.165, 1.54) is 10.5 Å². The molecule has 31 heavy (non-hydrogen) atoms. The highest BCUT2D eigenvalue weighted by atomic mass is 16.5. The molecular formula is C21H26N2O8. The van der Waals surface area contributed by atoms with Crippen LogP contribution in [-0.2, 0) is 35.3 Å². The van der Waals surface area contributed by atoms with Gasteiger partial charge in [0, 0.05) is 32.5 Å². The zero-order valence-corrected chi connectivity index (χ0v) is 17.3. The van der Waals surface area contributed by atoms with Gasteiger partial charge in [0.2, 0.25) is 11.8 Å². The van der Waals surface area contributed by atoms with Gasteiger partial charge >= 0.3 is 17.9 Å². The van der Waals surface area contributed by atoms with Crippen molar-refractivity contribution in [1.29, 1.82) is 0 Å². The SMILES string of the molecule is CCOC(=O)C1(N2C(=O)CCC2=O)CCN(Cc2ccccc2)CC1.O=C(O)C(=O)O. The van der Waals surface area contributed by atoms with Gasteiger partial charge < -0.3 is 14.9 Å². The number of hydrogen-bond acceptors (Lipinski definition) is 7. The molecule has 3 rings (SSSR count). The molecule has 2 fully saturated rings. The van der Waals surface area contributed by atoms with Crippen LogP contribution in [0.15, 0.2) is 30.3 Å². The fraction of sp³-hybridized carbons (Fsp3) is 0.476. The molecule has 0 unspecified atom stereocenters. The van der Waals surface area contributed by atoms with Crippen molar-refractivity contribution in [3.63, 3.8) is 0 Å². The maximum atomic E-state index is 12.7. The number of imide groups is 1. The van der Waals surface area contributed by atoms with E-state index in [1.807, 2.05) is 18.2 Å². The van der Waals surface area contributed by atoms with Crippen LogP contribution in [0.5, 0.6) is 0 Å². The summed E-state index contributed by atoms with van der Waals surface area (Å²) in [6, 6.07) is 10.1. The molecule has 0 saturated carbocycles. The lowest BCUT2D eigenvalue weighted by Gasteiger charge is -2.44. The fourth-order valence-electron chi connectivity index (χ4n) is 3.76. The molecule has 2 aliphatic rings. The lowest BCUT2D eigenvalue weighted by molar-refractivity contribution is -0.170. The summed E-state index contributed by atoms with van der Waals surface area (Å²) in [5.41, 5.74) is 0.0767. The molecule has 2 amide bonds. The monoisotopic (exact) mass is 434 g/mol. The number of carbonyl (C=O) groups is 5. The summed E-state index contributed by atoms with van der Waals surface area (Å²) in [6.45, 7) is 4.06. The van der Waals surface area contributed by atoms with E-state index < -0.39 is 23.4 Å². The minimum absolute atomic E-state index is 0.188. The number of ether oxygens (including phenoxy) is 1. The normalized spacial score (nSPS) is 18.2. The minimum Gasteiger partial charge on any atom is -0.473 e. The predicted molar refractivity (Wildman–Crippen MR) is 107 cm³/mol. The highest BCUT2D eigenvalue weighted by molar-refractivity contribution is 6.27. The third-order valence-corrected chi connectivity index (χ3v) is 5.25. The van der Waals surface area contributed by atoms with Crippen LogP contribution in [0.4, 0.5) is 0 Å². The van der Waals surface area contributed by atoms with Gasteiger partial charge in [0.15, 0.2) is 5.54 Å². The lowest BCUT2D eigenvalue weighted by Crippen LogP contribution is -2.62. The Morgan fingerprint density at radius 3 is 1.94 bits per heavy atom. The van der Waals surface area contributed by atoms with Crippen molar-refractivity contribution in [2.75, 3.05) is 19.7 Å². The summed E-state index contributed by atoms with van der Waals surface area (Å²) in [6.07, 6.45) is 1.23. The molecule has 2 N–H and O–H groups in total. The zero-order valence-electron chi connectivity index (χ0n) is 17.3. The Morgan fingerprint density at radius 1 is 0.968 bits per heavy atom. The molecule has 168 valence electrons. The fourth-order valence-corrected chi connectivity index (χ4v) is 3.76. The first-order valence-corrected chi connectivity index (χ1v) is 9.97. The third-order valence-electron chi connectivity index (χ3n) is 5.25. The Morgan fingerprint density at radius 2 is 1.48 bits per heavy atom. The van der Waals surface area contributed by atoms with Crippen LogP contribution in [0.1, 0.15) is 38.2 Å². The molecule has 10 nitrogen and oxygen atoms in total. The second kappa shape index (κ2) is 10.7. The summed E-state index contributed by atoms with van der Waals surface area (Å²) in [5, 5.41) is 14.8. The van der Waals surface area contributed by atoms with Gasteiger partial charge in [-0.1, -0.05) is 30.3 Å². The van der Waals surface area contributed by atoms with Gasteiger partial charge in [0.05, 0.1) is 6.61 Å². The third kappa shape index (κ3) is 5.88. The smallest absolute Gasteiger partial charge is 0.414 e. The molecule has 0 atom stereocenters. The Bertz CT molecular complexity index is 803. The van der Waals surface area contributed by atoms with Crippen molar-refractivity contribution in [2.45, 2.75) is 44.7 Å². The van der Waals surface area contributed by atoms with Gasteiger partial charge in [-0.3, -0.25) is 19.4 Å². The van der Waals surface area contributed by atoms with Gasteiger partial charge in [0.1, 0.15) is 0 Å². The number of rotatable bonds is 5. The van der Waals surface area contributed by atoms with Crippen LogP contribution in [0.3, 0.4) is 0 Å². The van der Waals surface area contributed by atoms with Crippen molar-refractivity contribution in [3.05, 3.63) is 35.9 Å². The molecule has 10 heteroatoms. The average molecular weight is 434 g/mol. The van der Waals surface area contributed by atoms with Gasteiger partial charge in [0.25, 0.3) is 0 Å². The quantitative estimate of drug-likeness (QED) is 0.392. The molecule has 0 aliphatic carbocycles. The Kier molecular flexibility index (Phi) is 8.26. The molecule has 2 saturated heterocycles. The van der Waals surface area contributed by atoms with Crippen molar-refractivity contribution in [2.24, 2.45) is 0 Å². The number of hydrogen-bond donors (Lipinski definition) is 2. The molecule has 2 aliphatic heterocycles. The summed E-state index contributed by atoms with van der Waals surface area (Å²) < 4.78 is 5.24. The van der Waals surface area contributed by atoms with Crippen molar-refractivity contribution >= 4 is 29.7 Å². The molecule has 0 radical (unpaired) electrons. The minimum atomic E-state index is -1.82. The summed E-state index contributed by atoms with van der Waals surface area (Å²) in [4.78, 5) is 58.8. The van der Waals surface area contributed by atoms with E-state index in [9.17, 15) is 14.4 Å². The Balaban J connectivity index is 0.000000501. The largest absolute Gasteiger partial charge is 0.473 e. The summed E-state index contributed by atoms with van der Waals surface area (Å²) in [7, 11) is 0. The van der Waals surface area contributed by atoms with Crippen LogP contribution < -0.4 is 0 Å². The molecule has 0 aromatic heterocycles. The molecule has 0 spiro atoms. The van der Waals surface area contributed by atoms with Gasteiger partial charge in [-0.25, -0.2) is 14.4 Å². The Labute approximate surface area is 179 Å². The van der Waals surface area contributed by atoms with Crippen LogP contribution in [-0.4, -0.2) is 75.0 Å². The second-order valence-electron chi connectivity index (χ2n) is 7.25. The number of amides is 2. The van der Waals surface area contributed by atoms with Crippen LogP contribution in [0, 0.1) is 0 Å². The molecule has 1 aromatic carbocycles. The van der Waals surface area contributed by atoms with Crippen LogP contribution in [0.2, 0.25) is 0 Å². The number of aliphatic carboxylic acids is 2. The van der Waals surface area contributed by atoms with Crippen molar-refractivity contribution < 1.29 is 38.9 Å². The van der Waals surface area contributed by atoms with Gasteiger partial charge in [-0.2, -0.15) is 0 Å². The summed E-state index contributed by atoms with van der Waals surface area (Å²) in [5.74, 6) is -4.60. The number of benzene rings is 1. The van der Waals surface area contributed by atoms with Gasteiger partial charge in [-0.15, -0.1) is 0 Å². The average Bonchev–Trinajstić information content (AvgIpc) is 3.09. The van der Waals surface area contributed by atoms with E-state index in [4.69, 9.17) is 24.5 Å². The molecule has 1 aromatic rings. The topological polar surface area (TPSA) is 142 Å². The summed E-state index contributed by atoms with van der Waals surface area (Å²) >= 11 is 0. The maximum absolute atomic E-state index is 12.7. The predicted octanol–water partition coefficient (Wildman–Crippen LogP) is 0.889.